The highest BCUT2D eigenvalue weighted by Gasteiger charge is 2.32. The van der Waals surface area contributed by atoms with Crippen LogP contribution in [0, 0.1) is 5.92 Å². The number of aliphatic carboxylic acids is 1. The van der Waals surface area contributed by atoms with Crippen LogP contribution in [-0.4, -0.2) is 25.8 Å². The van der Waals surface area contributed by atoms with Crippen LogP contribution in [-0.2, 0) is 4.79 Å². The number of hydrogen-bond donors (Lipinski definition) is 1. The summed E-state index contributed by atoms with van der Waals surface area (Å²) in [5.74, 6) is -1.02. The fourth-order valence-corrected chi connectivity index (χ4v) is 2.10. The van der Waals surface area contributed by atoms with Crippen molar-refractivity contribution in [2.75, 3.05) is 0 Å². The number of carbonyl (C=O) groups is 1. The van der Waals surface area contributed by atoms with Gasteiger partial charge < -0.3 is 5.11 Å². The lowest BCUT2D eigenvalue weighted by molar-refractivity contribution is -0.144. The Bertz CT molecular complexity index is 310. The molecule has 2 atom stereocenters. The largest absolute Gasteiger partial charge is 0.481 e. The number of rotatable bonds is 2. The minimum absolute atomic E-state index is 0.0104. The van der Waals surface area contributed by atoms with Crippen molar-refractivity contribution in [3.05, 3.63) is 12.7 Å². The first-order chi connectivity index (χ1) is 6.79. The molecule has 0 bridgehead atoms. The summed E-state index contributed by atoms with van der Waals surface area (Å²) in [5, 5.41) is 13.1. The Morgan fingerprint density at radius 3 is 2.86 bits per heavy atom. The van der Waals surface area contributed by atoms with E-state index in [-0.39, 0.29) is 12.0 Å². The molecule has 0 spiro atoms. The first-order valence-corrected chi connectivity index (χ1v) is 4.86. The van der Waals surface area contributed by atoms with E-state index in [2.05, 4.69) is 10.1 Å². The Hall–Kier alpha value is -1.39. The summed E-state index contributed by atoms with van der Waals surface area (Å²) in [6.45, 7) is 0. The van der Waals surface area contributed by atoms with Crippen LogP contribution in [0.5, 0.6) is 0 Å². The van der Waals surface area contributed by atoms with E-state index in [4.69, 9.17) is 5.11 Å². The van der Waals surface area contributed by atoms with Crippen molar-refractivity contribution in [1.82, 2.24) is 14.8 Å². The fourth-order valence-electron chi connectivity index (χ4n) is 2.10. The van der Waals surface area contributed by atoms with Crippen molar-refractivity contribution in [1.29, 1.82) is 0 Å². The molecule has 14 heavy (non-hydrogen) atoms. The van der Waals surface area contributed by atoms with E-state index in [1.54, 1.807) is 11.0 Å². The van der Waals surface area contributed by atoms with Crippen LogP contribution in [0.1, 0.15) is 31.7 Å². The van der Waals surface area contributed by atoms with Gasteiger partial charge in [-0.05, 0) is 12.8 Å². The molecule has 1 fully saturated rings. The first-order valence-electron chi connectivity index (χ1n) is 4.86. The molecule has 0 aromatic carbocycles. The summed E-state index contributed by atoms with van der Waals surface area (Å²) in [6, 6.07) is -0.0104. The zero-order valence-electron chi connectivity index (χ0n) is 7.83. The number of carboxylic acids is 1. The van der Waals surface area contributed by atoms with Crippen molar-refractivity contribution in [3.63, 3.8) is 0 Å². The molecular formula is C9H13N3O2. The molecule has 1 aromatic rings. The predicted molar refractivity (Wildman–Crippen MR) is 48.7 cm³/mol. The van der Waals surface area contributed by atoms with Gasteiger partial charge in [-0.2, -0.15) is 5.10 Å². The van der Waals surface area contributed by atoms with E-state index in [0.717, 1.165) is 25.7 Å². The molecule has 2 unspecified atom stereocenters. The summed E-state index contributed by atoms with van der Waals surface area (Å²) in [6.07, 6.45) is 6.77. The second-order valence-electron chi connectivity index (χ2n) is 3.67. The summed E-state index contributed by atoms with van der Waals surface area (Å²) in [4.78, 5) is 14.8. The molecule has 76 valence electrons. The van der Waals surface area contributed by atoms with Gasteiger partial charge in [0.15, 0.2) is 0 Å². The van der Waals surface area contributed by atoms with Gasteiger partial charge in [-0.15, -0.1) is 0 Å². The maximum absolute atomic E-state index is 11.0. The molecular weight excluding hydrogens is 182 g/mol. The van der Waals surface area contributed by atoms with Gasteiger partial charge in [-0.25, -0.2) is 9.67 Å². The number of hydrogen-bond acceptors (Lipinski definition) is 3. The summed E-state index contributed by atoms with van der Waals surface area (Å²) < 4.78 is 1.68. The minimum atomic E-state index is -0.717. The van der Waals surface area contributed by atoms with Gasteiger partial charge in [0.2, 0.25) is 0 Å². The highest BCUT2D eigenvalue weighted by Crippen LogP contribution is 2.33. The minimum Gasteiger partial charge on any atom is -0.481 e. The predicted octanol–water partition coefficient (Wildman–Crippen LogP) is 1.09. The molecule has 0 saturated heterocycles. The van der Waals surface area contributed by atoms with Gasteiger partial charge in [-0.3, -0.25) is 4.79 Å². The summed E-state index contributed by atoms with van der Waals surface area (Å²) in [7, 11) is 0. The van der Waals surface area contributed by atoms with Gasteiger partial charge in [0.1, 0.15) is 12.7 Å². The van der Waals surface area contributed by atoms with Crippen molar-refractivity contribution < 1.29 is 9.90 Å². The first kappa shape index (κ1) is 9.18. The maximum Gasteiger partial charge on any atom is 0.308 e. The van der Waals surface area contributed by atoms with Crippen molar-refractivity contribution in [2.45, 2.75) is 31.7 Å². The molecule has 2 rings (SSSR count). The van der Waals surface area contributed by atoms with Crippen LogP contribution in [0.4, 0.5) is 0 Å². The molecule has 0 amide bonds. The number of nitrogens with zero attached hydrogens (tertiary/aromatic N) is 3. The molecule has 1 heterocycles. The molecule has 1 aliphatic rings. The van der Waals surface area contributed by atoms with Crippen molar-refractivity contribution in [3.8, 4) is 0 Å². The summed E-state index contributed by atoms with van der Waals surface area (Å²) >= 11 is 0. The van der Waals surface area contributed by atoms with E-state index in [1.165, 1.54) is 6.33 Å². The van der Waals surface area contributed by atoms with Crippen LogP contribution >= 0.6 is 0 Å². The molecule has 0 aliphatic heterocycles. The second-order valence-corrected chi connectivity index (χ2v) is 3.67. The van der Waals surface area contributed by atoms with E-state index < -0.39 is 5.97 Å². The Morgan fingerprint density at radius 2 is 2.21 bits per heavy atom. The van der Waals surface area contributed by atoms with Crippen LogP contribution in [0.25, 0.3) is 0 Å². The lowest BCUT2D eigenvalue weighted by Gasteiger charge is -2.28. The standard InChI is InChI=1S/C9H13N3O2/c13-9(14)7-3-1-2-4-8(7)12-6-10-5-11-12/h5-8H,1-4H2,(H,13,14). The average molecular weight is 195 g/mol. The quantitative estimate of drug-likeness (QED) is 0.767. The summed E-state index contributed by atoms with van der Waals surface area (Å²) in [5.41, 5.74) is 0. The number of aromatic nitrogens is 3. The molecule has 1 N–H and O–H groups in total. The van der Waals surface area contributed by atoms with E-state index >= 15 is 0 Å². The highest BCUT2D eigenvalue weighted by molar-refractivity contribution is 5.70. The monoisotopic (exact) mass is 195 g/mol. The van der Waals surface area contributed by atoms with Crippen LogP contribution in [0.2, 0.25) is 0 Å². The topological polar surface area (TPSA) is 68.0 Å². The average Bonchev–Trinajstić information content (AvgIpc) is 2.70. The maximum atomic E-state index is 11.0. The van der Waals surface area contributed by atoms with Gasteiger partial charge in [-0.1, -0.05) is 12.8 Å². The Labute approximate surface area is 81.8 Å². The zero-order valence-corrected chi connectivity index (χ0v) is 7.83. The SMILES string of the molecule is O=C(O)C1CCCCC1n1cncn1. The Morgan fingerprint density at radius 1 is 1.43 bits per heavy atom. The van der Waals surface area contributed by atoms with E-state index in [0.29, 0.717) is 0 Å². The zero-order chi connectivity index (χ0) is 9.97. The van der Waals surface area contributed by atoms with E-state index in [9.17, 15) is 4.79 Å². The van der Waals surface area contributed by atoms with Crippen molar-refractivity contribution in [2.24, 2.45) is 5.92 Å². The van der Waals surface area contributed by atoms with E-state index in [1.807, 2.05) is 0 Å². The smallest absolute Gasteiger partial charge is 0.308 e. The van der Waals surface area contributed by atoms with Crippen LogP contribution in [0.3, 0.4) is 0 Å². The molecule has 5 heteroatoms. The van der Waals surface area contributed by atoms with Crippen LogP contribution in [0.15, 0.2) is 12.7 Å². The Balaban J connectivity index is 2.18. The second kappa shape index (κ2) is 3.77. The molecule has 1 aromatic heterocycles. The molecule has 5 nitrogen and oxygen atoms in total. The fraction of sp³-hybridized carbons (Fsp3) is 0.667. The van der Waals surface area contributed by atoms with Gasteiger partial charge in [0.25, 0.3) is 0 Å². The van der Waals surface area contributed by atoms with Gasteiger partial charge >= 0.3 is 5.97 Å². The third-order valence-corrected chi connectivity index (χ3v) is 2.82. The normalized spacial score (nSPS) is 27.4. The third-order valence-electron chi connectivity index (χ3n) is 2.82. The lowest BCUT2D eigenvalue weighted by atomic mass is 9.85. The lowest BCUT2D eigenvalue weighted by Crippen LogP contribution is -2.29. The van der Waals surface area contributed by atoms with Gasteiger partial charge in [0, 0.05) is 0 Å². The van der Waals surface area contributed by atoms with Crippen LogP contribution < -0.4 is 0 Å². The Kier molecular flexibility index (Phi) is 2.47. The van der Waals surface area contributed by atoms with Gasteiger partial charge in [0.05, 0.1) is 12.0 Å². The third kappa shape index (κ3) is 1.62. The highest BCUT2D eigenvalue weighted by atomic mass is 16.4. The molecule has 0 radical (unpaired) electrons. The number of carboxylic acid groups (broad SMARTS) is 1. The molecule has 1 saturated carbocycles. The van der Waals surface area contributed by atoms with Crippen molar-refractivity contribution >= 4 is 5.97 Å². The molecule has 1 aliphatic carbocycles.